The topological polar surface area (TPSA) is 68.5 Å². The van der Waals surface area contributed by atoms with E-state index in [1.165, 1.54) is 11.6 Å². The number of allylic oxidation sites excluding steroid dienone is 1. The first-order chi connectivity index (χ1) is 18.6. The molecule has 0 saturated heterocycles. The lowest BCUT2D eigenvalue weighted by Gasteiger charge is -2.07. The lowest BCUT2D eigenvalue weighted by molar-refractivity contribution is -0.137. The van der Waals surface area contributed by atoms with Crippen molar-refractivity contribution in [3.8, 4) is 5.75 Å². The first-order valence-corrected chi connectivity index (χ1v) is 13.0. The molecule has 194 valence electrons. The van der Waals surface area contributed by atoms with Crippen LogP contribution >= 0.6 is 0 Å². The van der Waals surface area contributed by atoms with Crippen LogP contribution in [-0.2, 0) is 22.6 Å². The number of carboxylic acid groups (broad SMARTS) is 1. The zero-order chi connectivity index (χ0) is 26.6. The van der Waals surface area contributed by atoms with Gasteiger partial charge >= 0.3 is 5.97 Å². The number of aryl methyl sites for hydroxylation is 2. The minimum atomic E-state index is -0.800. The molecule has 38 heavy (non-hydrogen) atoms. The van der Waals surface area contributed by atoms with E-state index in [9.17, 15) is 9.59 Å². The number of aromatic nitrogens is 1. The second-order valence-corrected chi connectivity index (χ2v) is 9.21. The number of unbranched alkanes of at least 4 members (excludes halogenated alkanes) is 1. The van der Waals surface area contributed by atoms with E-state index in [1.54, 1.807) is 6.08 Å². The molecule has 4 rings (SSSR count). The highest BCUT2D eigenvalue weighted by molar-refractivity contribution is 5.98. The number of aliphatic carboxylic acids is 1. The Labute approximate surface area is 223 Å². The van der Waals surface area contributed by atoms with E-state index in [2.05, 4.69) is 41.0 Å². The summed E-state index contributed by atoms with van der Waals surface area (Å²) in [6.45, 7) is 1.29. The number of rotatable bonds is 14. The molecule has 1 aromatic heterocycles. The standard InChI is InChI=1S/C33H33NO4/c35-23-8-13-29-25-34(22-7-15-32(36)37)31-14-6-12-28(33(29)31)19-16-27-17-20-30(21-18-27)38-24-5-4-11-26-9-2-1-3-10-26/h1-3,6,8-10,12-14,16-21,23,25H,4-5,7,11,15,22,24H2,(H,36,37)/b13-8+,19-16+. The van der Waals surface area contributed by atoms with Gasteiger partial charge in [-0.25, -0.2) is 0 Å². The van der Waals surface area contributed by atoms with Crippen molar-refractivity contribution >= 4 is 41.4 Å². The lowest BCUT2D eigenvalue weighted by Crippen LogP contribution is -2.00. The number of carbonyl (C=O) groups excluding carboxylic acids is 1. The zero-order valence-corrected chi connectivity index (χ0v) is 21.5. The summed E-state index contributed by atoms with van der Waals surface area (Å²) in [5.74, 6) is 0.0642. The highest BCUT2D eigenvalue weighted by Crippen LogP contribution is 2.28. The molecule has 1 N–H and O–H groups in total. The van der Waals surface area contributed by atoms with Crippen molar-refractivity contribution in [1.82, 2.24) is 4.57 Å². The minimum absolute atomic E-state index is 0.117. The van der Waals surface area contributed by atoms with E-state index in [0.717, 1.165) is 58.9 Å². The third-order valence-corrected chi connectivity index (χ3v) is 6.42. The number of benzene rings is 3. The Morgan fingerprint density at radius 3 is 2.42 bits per heavy atom. The van der Waals surface area contributed by atoms with Gasteiger partial charge in [-0.1, -0.05) is 66.7 Å². The second kappa shape index (κ2) is 13.8. The number of hydrogen-bond donors (Lipinski definition) is 1. The summed E-state index contributed by atoms with van der Waals surface area (Å²) < 4.78 is 7.98. The van der Waals surface area contributed by atoms with E-state index in [-0.39, 0.29) is 6.42 Å². The maximum atomic E-state index is 11.0. The van der Waals surface area contributed by atoms with Crippen LogP contribution in [0.25, 0.3) is 29.1 Å². The number of fused-ring (bicyclic) bond motifs is 1. The molecule has 0 unspecified atom stereocenters. The van der Waals surface area contributed by atoms with Crippen molar-refractivity contribution in [3.05, 3.63) is 107 Å². The SMILES string of the molecule is O=C/C=C/c1cn(CCCC(=O)O)c2cccc(/C=C/c3ccc(OCCCCc4ccccc4)cc3)c12. The van der Waals surface area contributed by atoms with E-state index >= 15 is 0 Å². The summed E-state index contributed by atoms with van der Waals surface area (Å²) in [6.07, 6.45) is 14.0. The van der Waals surface area contributed by atoms with Gasteiger partial charge in [0.05, 0.1) is 6.61 Å². The van der Waals surface area contributed by atoms with Gasteiger partial charge in [-0.15, -0.1) is 0 Å². The molecule has 0 spiro atoms. The highest BCUT2D eigenvalue weighted by Gasteiger charge is 2.10. The molecule has 0 bridgehead atoms. The number of aldehydes is 1. The fourth-order valence-electron chi connectivity index (χ4n) is 4.53. The number of carbonyl (C=O) groups is 2. The summed E-state index contributed by atoms with van der Waals surface area (Å²) in [5.41, 5.74) is 5.40. The molecule has 5 nitrogen and oxygen atoms in total. The Bertz CT molecular complexity index is 1400. The number of ether oxygens (including phenoxy) is 1. The molecule has 0 fully saturated rings. The molecular formula is C33H33NO4. The number of carboxylic acids is 1. The molecular weight excluding hydrogens is 474 g/mol. The van der Waals surface area contributed by atoms with Crippen molar-refractivity contribution in [3.63, 3.8) is 0 Å². The molecule has 0 amide bonds. The molecule has 1 heterocycles. The van der Waals surface area contributed by atoms with Crippen LogP contribution < -0.4 is 4.74 Å². The minimum Gasteiger partial charge on any atom is -0.494 e. The Morgan fingerprint density at radius 2 is 1.66 bits per heavy atom. The first-order valence-electron chi connectivity index (χ1n) is 13.0. The summed E-state index contributed by atoms with van der Waals surface area (Å²) in [7, 11) is 0. The van der Waals surface area contributed by atoms with Gasteiger partial charge in [-0.05, 0) is 72.7 Å². The first kappa shape index (κ1) is 26.7. The van der Waals surface area contributed by atoms with Gasteiger partial charge in [-0.3, -0.25) is 9.59 Å². The van der Waals surface area contributed by atoms with Crippen molar-refractivity contribution in [2.45, 2.75) is 38.6 Å². The zero-order valence-electron chi connectivity index (χ0n) is 21.5. The van der Waals surface area contributed by atoms with Crippen molar-refractivity contribution in [2.75, 3.05) is 6.61 Å². The molecule has 0 aliphatic rings. The van der Waals surface area contributed by atoms with Crippen molar-refractivity contribution in [2.24, 2.45) is 0 Å². The van der Waals surface area contributed by atoms with Gasteiger partial charge in [0, 0.05) is 35.6 Å². The van der Waals surface area contributed by atoms with Crippen LogP contribution in [-0.4, -0.2) is 28.5 Å². The van der Waals surface area contributed by atoms with Crippen LogP contribution in [0.2, 0.25) is 0 Å². The predicted octanol–water partition coefficient (Wildman–Crippen LogP) is 7.29. The smallest absolute Gasteiger partial charge is 0.303 e. The highest BCUT2D eigenvalue weighted by atomic mass is 16.5. The summed E-state index contributed by atoms with van der Waals surface area (Å²) >= 11 is 0. The Morgan fingerprint density at radius 1 is 0.842 bits per heavy atom. The van der Waals surface area contributed by atoms with Gasteiger partial charge in [0.2, 0.25) is 0 Å². The van der Waals surface area contributed by atoms with Gasteiger partial charge in [0.25, 0.3) is 0 Å². The molecule has 4 aromatic rings. The van der Waals surface area contributed by atoms with E-state index in [4.69, 9.17) is 9.84 Å². The Balaban J connectivity index is 1.40. The largest absolute Gasteiger partial charge is 0.494 e. The second-order valence-electron chi connectivity index (χ2n) is 9.21. The third-order valence-electron chi connectivity index (χ3n) is 6.42. The van der Waals surface area contributed by atoms with Crippen LogP contribution in [0, 0.1) is 0 Å². The Kier molecular flexibility index (Phi) is 9.69. The van der Waals surface area contributed by atoms with Gasteiger partial charge in [-0.2, -0.15) is 0 Å². The monoisotopic (exact) mass is 507 g/mol. The fraction of sp³-hybridized carbons (Fsp3) is 0.212. The van der Waals surface area contributed by atoms with Crippen molar-refractivity contribution in [1.29, 1.82) is 0 Å². The van der Waals surface area contributed by atoms with Crippen LogP contribution in [0.3, 0.4) is 0 Å². The summed E-state index contributed by atoms with van der Waals surface area (Å²) in [6, 6.07) is 24.7. The molecule has 0 aliphatic heterocycles. The van der Waals surface area contributed by atoms with E-state index in [1.807, 2.05) is 54.7 Å². The van der Waals surface area contributed by atoms with E-state index < -0.39 is 5.97 Å². The molecule has 0 atom stereocenters. The molecule has 0 aliphatic carbocycles. The lowest BCUT2D eigenvalue weighted by atomic mass is 10.0. The normalized spacial score (nSPS) is 11.5. The average Bonchev–Trinajstić information content (AvgIpc) is 3.29. The maximum Gasteiger partial charge on any atom is 0.303 e. The average molecular weight is 508 g/mol. The van der Waals surface area contributed by atoms with Gasteiger partial charge in [0.1, 0.15) is 12.0 Å². The predicted molar refractivity (Wildman–Crippen MR) is 154 cm³/mol. The molecule has 0 radical (unpaired) electrons. The third kappa shape index (κ3) is 7.56. The van der Waals surface area contributed by atoms with E-state index in [0.29, 0.717) is 19.6 Å². The van der Waals surface area contributed by atoms with Crippen LogP contribution in [0.4, 0.5) is 0 Å². The van der Waals surface area contributed by atoms with Crippen LogP contribution in [0.1, 0.15) is 47.9 Å². The summed E-state index contributed by atoms with van der Waals surface area (Å²) in [4.78, 5) is 21.9. The summed E-state index contributed by atoms with van der Waals surface area (Å²) in [5, 5.41) is 10.0. The van der Waals surface area contributed by atoms with Crippen LogP contribution in [0.15, 0.2) is 85.1 Å². The Hall–Kier alpha value is -4.38. The van der Waals surface area contributed by atoms with Gasteiger partial charge < -0.3 is 14.4 Å². The number of nitrogens with zero attached hydrogens (tertiary/aromatic N) is 1. The molecule has 5 heteroatoms. The molecule has 0 saturated carbocycles. The van der Waals surface area contributed by atoms with Gasteiger partial charge in [0.15, 0.2) is 0 Å². The molecule has 3 aromatic carbocycles. The number of hydrogen-bond acceptors (Lipinski definition) is 3. The maximum absolute atomic E-state index is 11.0. The fourth-order valence-corrected chi connectivity index (χ4v) is 4.53. The quantitative estimate of drug-likeness (QED) is 0.0842. The van der Waals surface area contributed by atoms with Crippen LogP contribution in [0.5, 0.6) is 5.75 Å². The van der Waals surface area contributed by atoms with Crippen molar-refractivity contribution < 1.29 is 19.4 Å².